The summed E-state index contributed by atoms with van der Waals surface area (Å²) < 4.78 is 0. The lowest BCUT2D eigenvalue weighted by Gasteiger charge is -2.61. The average Bonchev–Trinajstić information content (AvgIpc) is 2.99. The molecule has 7 heteroatoms. The van der Waals surface area contributed by atoms with Gasteiger partial charge in [-0.3, -0.25) is 4.79 Å². The highest BCUT2D eigenvalue weighted by molar-refractivity contribution is 5.95. The van der Waals surface area contributed by atoms with Gasteiger partial charge in [0.1, 0.15) is 6.10 Å². The predicted molar refractivity (Wildman–Crippen MR) is 126 cm³/mol. The number of hydrogen-bond donors (Lipinski definition) is 6. The monoisotopic (exact) mass is 480 g/mol. The molecule has 0 aromatic carbocycles. The fraction of sp³-hybridized carbons (Fsp3) is 0.889. The van der Waals surface area contributed by atoms with E-state index in [0.717, 1.165) is 24.8 Å². The summed E-state index contributed by atoms with van der Waals surface area (Å²) in [6.07, 6.45) is 3.24. The number of aliphatic hydroxyl groups is 6. The zero-order chi connectivity index (χ0) is 25.5. The first-order valence-electron chi connectivity index (χ1n) is 13.0. The van der Waals surface area contributed by atoms with Gasteiger partial charge in [-0.15, -0.1) is 0 Å². The van der Waals surface area contributed by atoms with Crippen molar-refractivity contribution in [3.63, 3.8) is 0 Å². The smallest absolute Gasteiger partial charge is 0.190 e. The first kappa shape index (κ1) is 26.2. The molecule has 0 aromatic rings. The van der Waals surface area contributed by atoms with Gasteiger partial charge in [-0.25, -0.2) is 0 Å². The third kappa shape index (κ3) is 3.82. The minimum absolute atomic E-state index is 0.0660. The van der Waals surface area contributed by atoms with Crippen molar-refractivity contribution in [2.24, 2.45) is 34.5 Å². The molecule has 0 amide bonds. The Bertz CT molecular complexity index is 860. The second-order valence-electron chi connectivity index (χ2n) is 13.2. The van der Waals surface area contributed by atoms with Gasteiger partial charge in [-0.05, 0) is 93.6 Å². The molecule has 1 unspecified atom stereocenters. The Morgan fingerprint density at radius 2 is 1.74 bits per heavy atom. The van der Waals surface area contributed by atoms with Crippen LogP contribution in [0.15, 0.2) is 11.6 Å². The molecule has 0 bridgehead atoms. The van der Waals surface area contributed by atoms with Gasteiger partial charge in [0.05, 0.1) is 17.3 Å². The minimum atomic E-state index is -2.28. The Hall–Kier alpha value is -0.830. The largest absolute Gasteiger partial charge is 0.393 e. The van der Waals surface area contributed by atoms with Gasteiger partial charge in [0, 0.05) is 17.8 Å². The molecule has 34 heavy (non-hydrogen) atoms. The second kappa shape index (κ2) is 8.09. The van der Waals surface area contributed by atoms with Crippen LogP contribution in [0.3, 0.4) is 0 Å². The number of hydrogen-bond acceptors (Lipinski definition) is 7. The van der Waals surface area contributed by atoms with E-state index in [1.54, 1.807) is 19.9 Å². The van der Waals surface area contributed by atoms with Gasteiger partial charge in [0.2, 0.25) is 0 Å². The number of carbonyl (C=O) groups excluding carboxylic acids is 1. The van der Waals surface area contributed by atoms with Gasteiger partial charge in [0.15, 0.2) is 11.6 Å². The Morgan fingerprint density at radius 3 is 2.35 bits per heavy atom. The molecular formula is C27H44O7. The topological polar surface area (TPSA) is 138 Å². The molecule has 4 aliphatic rings. The van der Waals surface area contributed by atoms with Crippen LogP contribution in [0.2, 0.25) is 0 Å². The van der Waals surface area contributed by atoms with E-state index in [0.29, 0.717) is 19.3 Å². The van der Waals surface area contributed by atoms with Gasteiger partial charge in [-0.1, -0.05) is 20.8 Å². The van der Waals surface area contributed by atoms with E-state index < -0.39 is 45.9 Å². The zero-order valence-corrected chi connectivity index (χ0v) is 21.3. The number of ketones is 1. The molecule has 0 radical (unpaired) electrons. The zero-order valence-electron chi connectivity index (χ0n) is 21.3. The lowest BCUT2D eigenvalue weighted by molar-refractivity contribution is -0.271. The van der Waals surface area contributed by atoms with Crippen LogP contribution >= 0.6 is 0 Å². The fourth-order valence-electron chi connectivity index (χ4n) is 8.27. The first-order chi connectivity index (χ1) is 15.5. The van der Waals surface area contributed by atoms with Gasteiger partial charge in [0.25, 0.3) is 0 Å². The van der Waals surface area contributed by atoms with Gasteiger partial charge >= 0.3 is 0 Å². The maximum absolute atomic E-state index is 13.3. The van der Waals surface area contributed by atoms with Gasteiger partial charge in [-0.2, -0.15) is 0 Å². The standard InChI is InChI=1S/C27H44O7/c1-15(20(28)8-9-23(2,3)31)16-7-11-26(32)18-12-21(29)19-13-27(33,34)22(30)14-24(19,4)17(18)6-10-25(16,26)5/h12,15-17,19-20,22,28,30-34H,6-11,13-14H2,1-5H3/t15-,16+,17-,19-,20?,22-,24+,25+,26+/m0/s1. The van der Waals surface area contributed by atoms with E-state index in [1.807, 2.05) is 13.8 Å². The van der Waals surface area contributed by atoms with Crippen molar-refractivity contribution in [1.29, 1.82) is 0 Å². The Morgan fingerprint density at radius 1 is 1.09 bits per heavy atom. The minimum Gasteiger partial charge on any atom is -0.393 e. The van der Waals surface area contributed by atoms with Crippen molar-refractivity contribution >= 4 is 5.78 Å². The summed E-state index contributed by atoms with van der Waals surface area (Å²) in [5.74, 6) is -3.20. The highest BCUT2D eigenvalue weighted by atomic mass is 16.5. The summed E-state index contributed by atoms with van der Waals surface area (Å²) >= 11 is 0. The third-order valence-corrected chi connectivity index (χ3v) is 10.6. The van der Waals surface area contributed by atoms with Crippen molar-refractivity contribution in [2.75, 3.05) is 0 Å². The van der Waals surface area contributed by atoms with Crippen molar-refractivity contribution in [2.45, 2.75) is 115 Å². The molecular weight excluding hydrogens is 436 g/mol. The maximum atomic E-state index is 13.3. The van der Waals surface area contributed by atoms with Crippen LogP contribution in [-0.4, -0.2) is 65.6 Å². The Labute approximate surface area is 202 Å². The van der Waals surface area contributed by atoms with Crippen LogP contribution in [0.5, 0.6) is 0 Å². The number of rotatable bonds is 5. The summed E-state index contributed by atoms with van der Waals surface area (Å²) in [5.41, 5.74) is -2.43. The highest BCUT2D eigenvalue weighted by Crippen LogP contribution is 2.68. The molecule has 7 nitrogen and oxygen atoms in total. The summed E-state index contributed by atoms with van der Waals surface area (Å²) in [6, 6.07) is 0. The maximum Gasteiger partial charge on any atom is 0.190 e. The van der Waals surface area contributed by atoms with Crippen molar-refractivity contribution in [3.8, 4) is 0 Å². The quantitative estimate of drug-likeness (QED) is 0.331. The molecule has 4 aliphatic carbocycles. The predicted octanol–water partition coefficient (Wildman–Crippen LogP) is 2.06. The van der Waals surface area contributed by atoms with Crippen LogP contribution < -0.4 is 0 Å². The van der Waals surface area contributed by atoms with Crippen LogP contribution in [0, 0.1) is 34.5 Å². The normalized spacial score (nSPS) is 45.6. The van der Waals surface area contributed by atoms with E-state index in [-0.39, 0.29) is 36.4 Å². The first-order valence-corrected chi connectivity index (χ1v) is 13.0. The van der Waals surface area contributed by atoms with E-state index in [4.69, 9.17) is 0 Å². The second-order valence-corrected chi connectivity index (χ2v) is 13.2. The van der Waals surface area contributed by atoms with Crippen LogP contribution in [0.1, 0.15) is 86.0 Å². The lowest BCUT2D eigenvalue weighted by atomic mass is 9.45. The molecule has 3 saturated carbocycles. The van der Waals surface area contributed by atoms with Crippen LogP contribution in [-0.2, 0) is 4.79 Å². The number of carbonyl (C=O) groups is 1. The Balaban J connectivity index is 1.63. The van der Waals surface area contributed by atoms with Crippen molar-refractivity contribution in [3.05, 3.63) is 11.6 Å². The Kier molecular flexibility index (Phi) is 6.24. The number of aliphatic hydroxyl groups excluding tert-OH is 2. The SMILES string of the molecule is C[C@H](C(O)CCC(C)(C)O)[C@H]1CC[C@@]2(O)C3=CC(=O)[C@@H]4CC(O)(O)[C@@H](O)C[C@]4(C)[C@H]3CC[C@]12C. The summed E-state index contributed by atoms with van der Waals surface area (Å²) in [5, 5.41) is 64.2. The molecule has 0 heterocycles. The number of fused-ring (bicyclic) bond motifs is 5. The summed E-state index contributed by atoms with van der Waals surface area (Å²) in [7, 11) is 0. The molecule has 9 atom stereocenters. The van der Waals surface area contributed by atoms with Crippen molar-refractivity contribution < 1.29 is 35.4 Å². The molecule has 6 N–H and O–H groups in total. The molecule has 3 fully saturated rings. The third-order valence-electron chi connectivity index (χ3n) is 10.6. The fourth-order valence-corrected chi connectivity index (χ4v) is 8.27. The highest BCUT2D eigenvalue weighted by Gasteiger charge is 2.68. The van der Waals surface area contributed by atoms with E-state index in [2.05, 4.69) is 6.92 Å². The molecule has 0 aromatic heterocycles. The molecule has 0 aliphatic heterocycles. The molecule has 4 rings (SSSR count). The molecule has 194 valence electrons. The van der Waals surface area contributed by atoms with Crippen molar-refractivity contribution in [1.82, 2.24) is 0 Å². The summed E-state index contributed by atoms with van der Waals surface area (Å²) in [6.45, 7) is 9.54. The van der Waals surface area contributed by atoms with Crippen LogP contribution in [0.25, 0.3) is 0 Å². The van der Waals surface area contributed by atoms with E-state index in [1.165, 1.54) is 0 Å². The number of allylic oxidation sites excluding steroid dienone is 1. The van der Waals surface area contributed by atoms with E-state index >= 15 is 0 Å². The van der Waals surface area contributed by atoms with E-state index in [9.17, 15) is 35.4 Å². The molecule has 0 saturated heterocycles. The molecule has 0 spiro atoms. The summed E-state index contributed by atoms with van der Waals surface area (Å²) in [4.78, 5) is 13.3. The lowest BCUT2D eigenvalue weighted by Crippen LogP contribution is -2.63. The van der Waals surface area contributed by atoms with Crippen LogP contribution in [0.4, 0.5) is 0 Å². The average molecular weight is 481 g/mol. The van der Waals surface area contributed by atoms with Gasteiger partial charge < -0.3 is 30.6 Å².